The van der Waals surface area contributed by atoms with Gasteiger partial charge in [-0.05, 0) is 36.6 Å². The van der Waals surface area contributed by atoms with Gasteiger partial charge in [-0.25, -0.2) is 8.78 Å². The van der Waals surface area contributed by atoms with Crippen LogP contribution < -0.4 is 4.74 Å². The van der Waals surface area contributed by atoms with Crippen LogP contribution >= 0.6 is 0 Å². The fourth-order valence-electron chi connectivity index (χ4n) is 3.53. The summed E-state index contributed by atoms with van der Waals surface area (Å²) in [6.07, 6.45) is -0.665. The molecule has 1 unspecified atom stereocenters. The van der Waals surface area contributed by atoms with Crippen LogP contribution in [0, 0.1) is 11.6 Å². The van der Waals surface area contributed by atoms with Crippen molar-refractivity contribution < 1.29 is 23.1 Å². The number of halogens is 2. The average molecular weight is 416 g/mol. The predicted octanol–water partition coefficient (Wildman–Crippen LogP) is 3.84. The first kappa shape index (κ1) is 21.7. The summed E-state index contributed by atoms with van der Waals surface area (Å²) in [6, 6.07) is 10.5. The molecule has 7 heteroatoms. The maximum Gasteiger partial charge on any atom is 0.263 e. The van der Waals surface area contributed by atoms with E-state index < -0.39 is 23.6 Å². The molecule has 30 heavy (non-hydrogen) atoms. The zero-order valence-electron chi connectivity index (χ0n) is 17.4. The standard InChI is InChI=1S/C23H26F2N2O3/c1-15(2)18-6-4-5-7-21(18)30-16(3)22(28)26-10-12-27(13-11-26)23(29)19-9-8-17(24)14-20(19)25/h4-9,14-16H,10-13H2,1-3H3. The Hall–Kier alpha value is -2.96. The second kappa shape index (κ2) is 9.24. The molecule has 2 aromatic carbocycles. The van der Waals surface area contributed by atoms with E-state index in [1.807, 2.05) is 24.3 Å². The molecule has 1 aliphatic heterocycles. The summed E-state index contributed by atoms with van der Waals surface area (Å²) in [6.45, 7) is 7.04. The number of carbonyl (C=O) groups is 2. The van der Waals surface area contributed by atoms with Crippen LogP contribution in [-0.2, 0) is 4.79 Å². The fraction of sp³-hybridized carbons (Fsp3) is 0.391. The van der Waals surface area contributed by atoms with E-state index in [0.29, 0.717) is 24.9 Å². The van der Waals surface area contributed by atoms with Crippen LogP contribution in [0.1, 0.15) is 42.6 Å². The summed E-state index contributed by atoms with van der Waals surface area (Å²) in [5, 5.41) is 0. The molecule has 1 atom stereocenters. The van der Waals surface area contributed by atoms with E-state index in [2.05, 4.69) is 13.8 Å². The molecular weight excluding hydrogens is 390 g/mol. The van der Waals surface area contributed by atoms with Gasteiger partial charge in [0.05, 0.1) is 5.56 Å². The van der Waals surface area contributed by atoms with E-state index in [0.717, 1.165) is 17.7 Å². The van der Waals surface area contributed by atoms with Crippen molar-refractivity contribution in [2.24, 2.45) is 0 Å². The maximum atomic E-state index is 13.9. The molecule has 1 fully saturated rings. The molecule has 1 aliphatic rings. The minimum absolute atomic E-state index is 0.159. The second-order valence-corrected chi connectivity index (χ2v) is 7.69. The highest BCUT2D eigenvalue weighted by molar-refractivity contribution is 5.94. The Morgan fingerprint density at radius 3 is 2.20 bits per heavy atom. The van der Waals surface area contributed by atoms with E-state index >= 15 is 0 Å². The number of ether oxygens (including phenoxy) is 1. The Bertz CT molecular complexity index is 924. The van der Waals surface area contributed by atoms with Crippen LogP contribution in [0.25, 0.3) is 0 Å². The molecule has 1 saturated heterocycles. The van der Waals surface area contributed by atoms with Crippen LogP contribution in [-0.4, -0.2) is 53.9 Å². The van der Waals surface area contributed by atoms with Gasteiger partial charge in [-0.15, -0.1) is 0 Å². The first-order valence-electron chi connectivity index (χ1n) is 10.1. The van der Waals surface area contributed by atoms with Gasteiger partial charge < -0.3 is 14.5 Å². The molecule has 1 heterocycles. The van der Waals surface area contributed by atoms with E-state index in [1.54, 1.807) is 11.8 Å². The average Bonchev–Trinajstić information content (AvgIpc) is 2.73. The van der Waals surface area contributed by atoms with E-state index in [-0.39, 0.29) is 30.5 Å². The third-order valence-corrected chi connectivity index (χ3v) is 5.23. The van der Waals surface area contributed by atoms with Gasteiger partial charge in [0, 0.05) is 32.2 Å². The van der Waals surface area contributed by atoms with Crippen molar-refractivity contribution in [1.29, 1.82) is 0 Å². The molecule has 0 aliphatic carbocycles. The van der Waals surface area contributed by atoms with Gasteiger partial charge in [0.2, 0.25) is 0 Å². The molecule has 0 N–H and O–H groups in total. The van der Waals surface area contributed by atoms with Gasteiger partial charge in [0.15, 0.2) is 6.10 Å². The Balaban J connectivity index is 1.59. The lowest BCUT2D eigenvalue weighted by molar-refractivity contribution is -0.139. The zero-order valence-corrected chi connectivity index (χ0v) is 17.4. The number of hydrogen-bond acceptors (Lipinski definition) is 3. The summed E-state index contributed by atoms with van der Waals surface area (Å²) in [7, 11) is 0. The summed E-state index contributed by atoms with van der Waals surface area (Å²) in [4.78, 5) is 28.5. The highest BCUT2D eigenvalue weighted by atomic mass is 19.1. The first-order valence-corrected chi connectivity index (χ1v) is 10.1. The number of rotatable bonds is 5. The molecule has 5 nitrogen and oxygen atoms in total. The van der Waals surface area contributed by atoms with E-state index in [9.17, 15) is 18.4 Å². The monoisotopic (exact) mass is 416 g/mol. The van der Waals surface area contributed by atoms with E-state index in [1.165, 1.54) is 4.90 Å². The molecule has 0 radical (unpaired) electrons. The van der Waals surface area contributed by atoms with Crippen molar-refractivity contribution in [3.05, 3.63) is 65.2 Å². The molecule has 2 aromatic rings. The van der Waals surface area contributed by atoms with Crippen molar-refractivity contribution in [2.75, 3.05) is 26.2 Å². The molecular formula is C23H26F2N2O3. The first-order chi connectivity index (χ1) is 14.3. The van der Waals surface area contributed by atoms with Crippen LogP contribution in [0.4, 0.5) is 8.78 Å². The van der Waals surface area contributed by atoms with Crippen LogP contribution in [0.2, 0.25) is 0 Å². The largest absolute Gasteiger partial charge is 0.481 e. The van der Waals surface area contributed by atoms with Gasteiger partial charge in [0.25, 0.3) is 11.8 Å². The molecule has 2 amide bonds. The lowest BCUT2D eigenvalue weighted by Crippen LogP contribution is -2.53. The van der Waals surface area contributed by atoms with Gasteiger partial charge >= 0.3 is 0 Å². The lowest BCUT2D eigenvalue weighted by atomic mass is 10.0. The summed E-state index contributed by atoms with van der Waals surface area (Å²) >= 11 is 0. The van der Waals surface area contributed by atoms with Crippen LogP contribution in [0.3, 0.4) is 0 Å². The highest BCUT2D eigenvalue weighted by Crippen LogP contribution is 2.27. The summed E-state index contributed by atoms with van der Waals surface area (Å²) in [5.74, 6) is -1.32. The minimum atomic E-state index is -0.885. The van der Waals surface area contributed by atoms with Gasteiger partial charge in [-0.1, -0.05) is 32.0 Å². The SMILES string of the molecule is CC(Oc1ccccc1C(C)C)C(=O)N1CCN(C(=O)c2ccc(F)cc2F)CC1. The summed E-state index contributed by atoms with van der Waals surface area (Å²) in [5.41, 5.74) is 0.868. The van der Waals surface area contributed by atoms with Crippen molar-refractivity contribution in [1.82, 2.24) is 9.80 Å². The van der Waals surface area contributed by atoms with Gasteiger partial charge in [0.1, 0.15) is 17.4 Å². The molecule has 0 bridgehead atoms. The lowest BCUT2D eigenvalue weighted by Gasteiger charge is -2.36. The normalized spacial score (nSPS) is 15.3. The molecule has 0 saturated carbocycles. The Kier molecular flexibility index (Phi) is 6.70. The fourth-order valence-corrected chi connectivity index (χ4v) is 3.53. The third kappa shape index (κ3) is 4.78. The maximum absolute atomic E-state index is 13.9. The Labute approximate surface area is 175 Å². The molecule has 3 rings (SSSR count). The number of benzene rings is 2. The van der Waals surface area contributed by atoms with Gasteiger partial charge in [-0.2, -0.15) is 0 Å². The quantitative estimate of drug-likeness (QED) is 0.744. The Morgan fingerprint density at radius 1 is 0.933 bits per heavy atom. The number of carbonyl (C=O) groups excluding carboxylic acids is 2. The Morgan fingerprint density at radius 2 is 1.57 bits per heavy atom. The smallest absolute Gasteiger partial charge is 0.263 e. The number of nitrogens with zero attached hydrogens (tertiary/aromatic N) is 2. The van der Waals surface area contributed by atoms with Crippen molar-refractivity contribution >= 4 is 11.8 Å². The molecule has 0 spiro atoms. The van der Waals surface area contributed by atoms with Crippen molar-refractivity contribution in [2.45, 2.75) is 32.8 Å². The van der Waals surface area contributed by atoms with Crippen LogP contribution in [0.5, 0.6) is 5.75 Å². The molecule has 0 aromatic heterocycles. The number of amides is 2. The van der Waals surface area contributed by atoms with E-state index in [4.69, 9.17) is 4.74 Å². The number of piperazine rings is 1. The third-order valence-electron chi connectivity index (χ3n) is 5.23. The van der Waals surface area contributed by atoms with Gasteiger partial charge in [-0.3, -0.25) is 9.59 Å². The molecule has 160 valence electrons. The topological polar surface area (TPSA) is 49.9 Å². The minimum Gasteiger partial charge on any atom is -0.481 e. The zero-order chi connectivity index (χ0) is 21.8. The number of hydrogen-bond donors (Lipinski definition) is 0. The summed E-state index contributed by atoms with van der Waals surface area (Å²) < 4.78 is 32.9. The predicted molar refractivity (Wildman–Crippen MR) is 109 cm³/mol. The second-order valence-electron chi connectivity index (χ2n) is 7.69. The highest BCUT2D eigenvalue weighted by Gasteiger charge is 2.29. The van der Waals surface area contributed by atoms with Crippen molar-refractivity contribution in [3.8, 4) is 5.75 Å². The van der Waals surface area contributed by atoms with Crippen LogP contribution in [0.15, 0.2) is 42.5 Å². The number of para-hydroxylation sites is 1. The van der Waals surface area contributed by atoms with Crippen molar-refractivity contribution in [3.63, 3.8) is 0 Å².